The van der Waals surface area contributed by atoms with E-state index in [0.717, 1.165) is 13.1 Å². The van der Waals surface area contributed by atoms with Crippen LogP contribution in [-0.4, -0.2) is 53.0 Å². The van der Waals surface area contributed by atoms with E-state index in [9.17, 15) is 9.59 Å². The Morgan fingerprint density at radius 2 is 1.65 bits per heavy atom. The number of fused-ring (bicyclic) bond motifs is 1. The number of likely N-dealkylation sites (tertiary alicyclic amines) is 2. The van der Waals surface area contributed by atoms with Crippen LogP contribution in [0.5, 0.6) is 0 Å². The molecular formula is C26H32N2O3. The Hall–Kier alpha value is -2.66. The lowest BCUT2D eigenvalue weighted by Gasteiger charge is -2.31. The summed E-state index contributed by atoms with van der Waals surface area (Å²) < 4.78 is 5.64. The highest BCUT2D eigenvalue weighted by atomic mass is 16.6. The summed E-state index contributed by atoms with van der Waals surface area (Å²) in [6.45, 7) is 8.13. The largest absolute Gasteiger partial charge is 0.444 e. The minimum Gasteiger partial charge on any atom is -0.444 e. The van der Waals surface area contributed by atoms with Crippen molar-refractivity contribution in [1.82, 2.24) is 9.80 Å². The van der Waals surface area contributed by atoms with E-state index in [-0.39, 0.29) is 29.8 Å². The molecule has 2 aromatic carbocycles. The molecule has 2 fully saturated rings. The highest BCUT2D eigenvalue weighted by Gasteiger charge is 2.48. The van der Waals surface area contributed by atoms with Gasteiger partial charge in [0.15, 0.2) is 0 Å². The van der Waals surface area contributed by atoms with Crippen LogP contribution in [0.1, 0.15) is 44.2 Å². The van der Waals surface area contributed by atoms with Gasteiger partial charge in [-0.15, -0.1) is 0 Å². The predicted molar refractivity (Wildman–Crippen MR) is 121 cm³/mol. The number of carbonyl (C=O) groups is 2. The average molecular weight is 421 g/mol. The number of carbonyl (C=O) groups excluding carboxylic acids is 2. The molecule has 31 heavy (non-hydrogen) atoms. The number of hydrogen-bond donors (Lipinski definition) is 0. The molecule has 0 bridgehead atoms. The van der Waals surface area contributed by atoms with Crippen LogP contribution in [0.15, 0.2) is 60.7 Å². The van der Waals surface area contributed by atoms with E-state index < -0.39 is 5.60 Å². The highest BCUT2D eigenvalue weighted by molar-refractivity contribution is 5.84. The zero-order valence-electron chi connectivity index (χ0n) is 18.7. The fourth-order valence-electron chi connectivity index (χ4n) is 4.90. The second-order valence-corrected chi connectivity index (χ2v) is 9.67. The summed E-state index contributed by atoms with van der Waals surface area (Å²) in [4.78, 5) is 30.3. The summed E-state index contributed by atoms with van der Waals surface area (Å²) in [5, 5.41) is 0. The van der Waals surface area contributed by atoms with Gasteiger partial charge in [-0.3, -0.25) is 9.69 Å². The molecule has 164 valence electrons. The number of benzene rings is 2. The first kappa shape index (κ1) is 21.6. The molecule has 2 aliphatic rings. The van der Waals surface area contributed by atoms with Gasteiger partial charge in [-0.1, -0.05) is 60.7 Å². The van der Waals surface area contributed by atoms with E-state index >= 15 is 0 Å². The standard InChI is InChI=1S/C26H32N2O3/c1-26(2,3)31-25(30)27-15-14-23(29)24-21(20-12-8-5-9-13-20)17-28(22(24)18-27)16-19-10-6-4-7-11-19/h4-13,21-22,24H,14-18H2,1-3H3/t21-,22+,24-/m1/s1. The van der Waals surface area contributed by atoms with Crippen LogP contribution in [0.25, 0.3) is 0 Å². The summed E-state index contributed by atoms with van der Waals surface area (Å²) in [6, 6.07) is 20.7. The van der Waals surface area contributed by atoms with Gasteiger partial charge in [-0.25, -0.2) is 4.79 Å². The van der Waals surface area contributed by atoms with Crippen molar-refractivity contribution in [3.63, 3.8) is 0 Å². The monoisotopic (exact) mass is 420 g/mol. The third-order valence-electron chi connectivity index (χ3n) is 6.26. The van der Waals surface area contributed by atoms with Gasteiger partial charge >= 0.3 is 6.09 Å². The average Bonchev–Trinajstić information content (AvgIpc) is 2.98. The third kappa shape index (κ3) is 4.99. The van der Waals surface area contributed by atoms with Crippen molar-refractivity contribution in [2.24, 2.45) is 5.92 Å². The van der Waals surface area contributed by atoms with Crippen molar-refractivity contribution in [1.29, 1.82) is 0 Å². The maximum Gasteiger partial charge on any atom is 0.410 e. The van der Waals surface area contributed by atoms with Crippen LogP contribution in [0.4, 0.5) is 4.79 Å². The lowest BCUT2D eigenvalue weighted by atomic mass is 9.82. The third-order valence-corrected chi connectivity index (χ3v) is 6.26. The van der Waals surface area contributed by atoms with Crippen LogP contribution < -0.4 is 0 Å². The van der Waals surface area contributed by atoms with Gasteiger partial charge < -0.3 is 9.64 Å². The maximum atomic E-state index is 13.3. The molecule has 0 radical (unpaired) electrons. The molecular weight excluding hydrogens is 388 g/mol. The molecule has 0 N–H and O–H groups in total. The Balaban J connectivity index is 1.64. The van der Waals surface area contributed by atoms with E-state index in [1.165, 1.54) is 11.1 Å². The van der Waals surface area contributed by atoms with Crippen LogP contribution in [-0.2, 0) is 16.1 Å². The van der Waals surface area contributed by atoms with Gasteiger partial charge in [0.25, 0.3) is 0 Å². The van der Waals surface area contributed by atoms with E-state index in [2.05, 4.69) is 29.2 Å². The first-order chi connectivity index (χ1) is 14.8. The van der Waals surface area contributed by atoms with E-state index in [4.69, 9.17) is 4.74 Å². The molecule has 4 rings (SSSR count). The van der Waals surface area contributed by atoms with Gasteiger partial charge in [0.1, 0.15) is 11.4 Å². The Morgan fingerprint density at radius 3 is 2.29 bits per heavy atom. The second kappa shape index (κ2) is 8.83. The Labute approximate surface area is 185 Å². The zero-order chi connectivity index (χ0) is 22.0. The second-order valence-electron chi connectivity index (χ2n) is 9.67. The van der Waals surface area contributed by atoms with Gasteiger partial charge in [-0.05, 0) is 31.9 Å². The number of ether oxygens (including phenoxy) is 1. The van der Waals surface area contributed by atoms with Crippen molar-refractivity contribution in [3.8, 4) is 0 Å². The number of amides is 1. The maximum absolute atomic E-state index is 13.3. The van der Waals surface area contributed by atoms with Crippen LogP contribution in [0.3, 0.4) is 0 Å². The Morgan fingerprint density at radius 1 is 1.00 bits per heavy atom. The Kier molecular flexibility index (Phi) is 6.15. The number of nitrogens with zero attached hydrogens (tertiary/aromatic N) is 2. The van der Waals surface area contributed by atoms with E-state index in [0.29, 0.717) is 19.5 Å². The predicted octanol–water partition coefficient (Wildman–Crippen LogP) is 4.48. The lowest BCUT2D eigenvalue weighted by molar-refractivity contribution is -0.123. The molecule has 1 amide bonds. The number of hydrogen-bond acceptors (Lipinski definition) is 4. The van der Waals surface area contributed by atoms with Gasteiger partial charge in [0.2, 0.25) is 0 Å². The quantitative estimate of drug-likeness (QED) is 0.735. The number of rotatable bonds is 3. The molecule has 0 aliphatic carbocycles. The smallest absolute Gasteiger partial charge is 0.410 e. The molecule has 2 aromatic rings. The zero-order valence-corrected chi connectivity index (χ0v) is 18.7. The van der Waals surface area contributed by atoms with Gasteiger partial charge in [0, 0.05) is 50.5 Å². The normalized spacial score (nSPS) is 24.5. The fourth-order valence-corrected chi connectivity index (χ4v) is 4.90. The first-order valence-electron chi connectivity index (χ1n) is 11.2. The number of Topliss-reactive ketones (excluding diaryl/α,β-unsaturated/α-hetero) is 1. The van der Waals surface area contributed by atoms with Crippen LogP contribution in [0.2, 0.25) is 0 Å². The summed E-state index contributed by atoms with van der Waals surface area (Å²) in [6.07, 6.45) is 0.0481. The van der Waals surface area contributed by atoms with Crippen molar-refractivity contribution in [2.45, 2.75) is 51.3 Å². The minimum absolute atomic E-state index is 0.0204. The fraction of sp³-hybridized carbons (Fsp3) is 0.462. The SMILES string of the molecule is CC(C)(C)OC(=O)N1CCC(=O)[C@@H]2[C@@H](c3ccccc3)CN(Cc3ccccc3)[C@H]2C1. The minimum atomic E-state index is -0.557. The van der Waals surface area contributed by atoms with Crippen molar-refractivity contribution < 1.29 is 14.3 Å². The van der Waals surface area contributed by atoms with Crippen LogP contribution >= 0.6 is 0 Å². The molecule has 0 saturated carbocycles. The lowest BCUT2D eigenvalue weighted by Crippen LogP contribution is -2.45. The Bertz CT molecular complexity index is 907. The molecule has 5 heteroatoms. The summed E-state index contributed by atoms with van der Waals surface area (Å²) in [5.74, 6) is 0.278. The summed E-state index contributed by atoms with van der Waals surface area (Å²) in [5.41, 5.74) is 1.86. The van der Waals surface area contributed by atoms with Crippen LogP contribution in [0, 0.1) is 5.92 Å². The van der Waals surface area contributed by atoms with E-state index in [1.807, 2.05) is 57.2 Å². The molecule has 3 atom stereocenters. The molecule has 0 unspecified atom stereocenters. The van der Waals surface area contributed by atoms with Crippen molar-refractivity contribution >= 4 is 11.9 Å². The molecule has 2 saturated heterocycles. The van der Waals surface area contributed by atoms with Gasteiger partial charge in [-0.2, -0.15) is 0 Å². The molecule has 0 spiro atoms. The van der Waals surface area contributed by atoms with Crippen molar-refractivity contribution in [2.75, 3.05) is 19.6 Å². The van der Waals surface area contributed by atoms with E-state index in [1.54, 1.807) is 4.90 Å². The first-order valence-corrected chi connectivity index (χ1v) is 11.2. The number of ketones is 1. The van der Waals surface area contributed by atoms with Gasteiger partial charge in [0.05, 0.1) is 0 Å². The summed E-state index contributed by atoms with van der Waals surface area (Å²) in [7, 11) is 0. The molecule has 2 heterocycles. The molecule has 5 nitrogen and oxygen atoms in total. The molecule has 2 aliphatic heterocycles. The molecule has 0 aromatic heterocycles. The topological polar surface area (TPSA) is 49.9 Å². The summed E-state index contributed by atoms with van der Waals surface area (Å²) >= 11 is 0. The van der Waals surface area contributed by atoms with Crippen molar-refractivity contribution in [3.05, 3.63) is 71.8 Å². The highest BCUT2D eigenvalue weighted by Crippen LogP contribution is 2.41.